The van der Waals surface area contributed by atoms with Crippen LogP contribution in [0.1, 0.15) is 5.56 Å². The first-order valence-corrected chi connectivity index (χ1v) is 10.8. The van der Waals surface area contributed by atoms with Gasteiger partial charge in [0.05, 0.1) is 25.5 Å². The molecule has 166 valence electrons. The lowest BCUT2D eigenvalue weighted by Crippen LogP contribution is -2.65. The predicted molar refractivity (Wildman–Crippen MR) is 114 cm³/mol. The number of fused-ring (bicyclic) bond motifs is 3. The highest BCUT2D eigenvalue weighted by Crippen LogP contribution is 2.30. The van der Waals surface area contributed by atoms with Crippen molar-refractivity contribution < 1.29 is 14.3 Å². The van der Waals surface area contributed by atoms with E-state index in [4.69, 9.17) is 9.84 Å². The third-order valence-corrected chi connectivity index (χ3v) is 6.60. The molecule has 0 aliphatic carbocycles. The molecule has 3 fully saturated rings. The Bertz CT molecular complexity index is 873. The summed E-state index contributed by atoms with van der Waals surface area (Å²) in [6, 6.07) is 9.34. The number of likely N-dealkylation sites (N-methyl/N-ethyl adjacent to an activating group) is 2. The maximum atomic E-state index is 13.1. The van der Waals surface area contributed by atoms with Crippen LogP contribution in [0.4, 0.5) is 4.79 Å². The van der Waals surface area contributed by atoms with Crippen LogP contribution in [-0.2, 0) is 9.53 Å². The largest absolute Gasteiger partial charge is 0.379 e. The van der Waals surface area contributed by atoms with Gasteiger partial charge in [0.1, 0.15) is 12.2 Å². The Morgan fingerprint density at radius 2 is 1.84 bits per heavy atom. The van der Waals surface area contributed by atoms with E-state index >= 15 is 0 Å². The molecular weight excluding hydrogens is 398 g/mol. The van der Waals surface area contributed by atoms with Gasteiger partial charge in [-0.15, -0.1) is 0 Å². The number of benzene rings is 1. The number of hydrazone groups is 1. The molecule has 1 N–H and O–H groups in total. The van der Waals surface area contributed by atoms with Crippen LogP contribution in [0.15, 0.2) is 35.4 Å². The van der Waals surface area contributed by atoms with E-state index in [2.05, 4.69) is 15.1 Å². The van der Waals surface area contributed by atoms with Crippen molar-refractivity contribution in [1.29, 1.82) is 0 Å². The molecule has 3 saturated heterocycles. The number of hydrogen-bond donors (Lipinski definition) is 1. The number of ether oxygens (including phenoxy) is 1. The molecule has 0 spiro atoms. The molecule has 0 radical (unpaired) electrons. The van der Waals surface area contributed by atoms with Gasteiger partial charge in [-0.05, 0) is 5.56 Å². The van der Waals surface area contributed by atoms with E-state index in [1.165, 1.54) is 4.90 Å². The Morgan fingerprint density at radius 3 is 2.58 bits per heavy atom. The number of hydrogen-bond acceptors (Lipinski definition) is 8. The normalized spacial score (nSPS) is 29.8. The van der Waals surface area contributed by atoms with E-state index in [0.29, 0.717) is 13.1 Å². The molecule has 4 aliphatic rings. The molecule has 0 saturated carbocycles. The number of urea groups is 1. The van der Waals surface area contributed by atoms with Gasteiger partial charge in [-0.25, -0.2) is 9.69 Å². The van der Waals surface area contributed by atoms with E-state index < -0.39 is 6.04 Å². The summed E-state index contributed by atoms with van der Waals surface area (Å²) in [6.45, 7) is 5.45. The first-order valence-electron chi connectivity index (χ1n) is 10.8. The molecule has 3 atom stereocenters. The number of carbonyl (C=O) groups is 2. The zero-order chi connectivity index (χ0) is 21.5. The van der Waals surface area contributed by atoms with Gasteiger partial charge in [0.2, 0.25) is 0 Å². The molecular formula is C21H29N7O3. The maximum absolute atomic E-state index is 13.1. The molecule has 3 unspecified atom stereocenters. The topological polar surface area (TPSA) is 84.0 Å². The minimum Gasteiger partial charge on any atom is -0.379 e. The summed E-state index contributed by atoms with van der Waals surface area (Å²) in [7, 11) is 3.29. The van der Waals surface area contributed by atoms with Crippen molar-refractivity contribution in [3.8, 4) is 0 Å². The number of morpholine rings is 1. The third kappa shape index (κ3) is 3.59. The van der Waals surface area contributed by atoms with Crippen molar-refractivity contribution in [2.75, 3.05) is 60.0 Å². The number of amides is 3. The Labute approximate surface area is 182 Å². The van der Waals surface area contributed by atoms with Crippen LogP contribution in [-0.4, -0.2) is 121 Å². The second kappa shape index (κ2) is 8.19. The van der Waals surface area contributed by atoms with Crippen LogP contribution in [0.25, 0.3) is 0 Å². The smallest absolute Gasteiger partial charge is 0.327 e. The van der Waals surface area contributed by atoms with Crippen LogP contribution < -0.4 is 5.32 Å². The minimum atomic E-state index is -0.446. The number of imide groups is 1. The molecule has 0 bridgehead atoms. The summed E-state index contributed by atoms with van der Waals surface area (Å²) >= 11 is 0. The molecule has 1 aromatic carbocycles. The first-order chi connectivity index (χ1) is 15.0. The van der Waals surface area contributed by atoms with Gasteiger partial charge in [-0.3, -0.25) is 24.9 Å². The van der Waals surface area contributed by atoms with Gasteiger partial charge in [0.25, 0.3) is 5.91 Å². The van der Waals surface area contributed by atoms with Crippen LogP contribution in [0, 0.1) is 0 Å². The van der Waals surface area contributed by atoms with Crippen LogP contribution in [0.5, 0.6) is 0 Å². The fourth-order valence-corrected chi connectivity index (χ4v) is 4.80. The van der Waals surface area contributed by atoms with Crippen LogP contribution in [0.3, 0.4) is 0 Å². The standard InChI is InChI=1S/C21H29N7O3/c1-24-18-17(19(29)25(2)21(24)30)27-14-16(15-6-4-3-5-7-15)23-28(20(27)22-18)9-8-26-10-12-31-13-11-26/h3-7,17-18,20,22H,8-14H2,1-2H3. The summed E-state index contributed by atoms with van der Waals surface area (Å²) in [5.41, 5.74) is 1.97. The SMILES string of the molecule is CN1C(=O)C2C(NC3N(CCN4CCOCC4)N=C(c4ccccc4)CN23)N(C)C1=O. The Kier molecular flexibility index (Phi) is 5.39. The van der Waals surface area contributed by atoms with E-state index in [1.54, 1.807) is 19.0 Å². The van der Waals surface area contributed by atoms with Crippen molar-refractivity contribution in [2.45, 2.75) is 18.5 Å². The second-order valence-electron chi connectivity index (χ2n) is 8.42. The first kappa shape index (κ1) is 20.4. The average Bonchev–Trinajstić information content (AvgIpc) is 3.21. The fourth-order valence-electron chi connectivity index (χ4n) is 4.80. The molecule has 31 heavy (non-hydrogen) atoms. The van der Waals surface area contributed by atoms with Crippen LogP contribution >= 0.6 is 0 Å². The monoisotopic (exact) mass is 427 g/mol. The van der Waals surface area contributed by atoms with Crippen molar-refractivity contribution in [1.82, 2.24) is 29.9 Å². The number of nitrogens with one attached hydrogen (secondary N) is 1. The van der Waals surface area contributed by atoms with E-state index in [0.717, 1.165) is 44.1 Å². The summed E-state index contributed by atoms with van der Waals surface area (Å²) in [5.74, 6) is -0.175. The van der Waals surface area contributed by atoms with Gasteiger partial charge >= 0.3 is 6.03 Å². The summed E-state index contributed by atoms with van der Waals surface area (Å²) in [6.07, 6.45) is -0.619. The van der Waals surface area contributed by atoms with Gasteiger partial charge < -0.3 is 9.64 Å². The maximum Gasteiger partial charge on any atom is 0.327 e. The molecule has 4 heterocycles. The van der Waals surface area contributed by atoms with Gasteiger partial charge in [-0.1, -0.05) is 30.3 Å². The van der Waals surface area contributed by atoms with Gasteiger partial charge in [-0.2, -0.15) is 5.10 Å². The van der Waals surface area contributed by atoms with Crippen molar-refractivity contribution >= 4 is 17.6 Å². The zero-order valence-electron chi connectivity index (χ0n) is 18.0. The highest BCUT2D eigenvalue weighted by molar-refractivity contribution is 6.04. The number of rotatable bonds is 4. The molecule has 5 rings (SSSR count). The lowest BCUT2D eigenvalue weighted by atomic mass is 10.1. The van der Waals surface area contributed by atoms with Gasteiger partial charge in [0.15, 0.2) is 6.29 Å². The summed E-state index contributed by atoms with van der Waals surface area (Å²) in [4.78, 5) is 32.9. The highest BCUT2D eigenvalue weighted by atomic mass is 16.5. The molecule has 0 aromatic heterocycles. The van der Waals surface area contributed by atoms with E-state index in [-0.39, 0.29) is 24.4 Å². The van der Waals surface area contributed by atoms with E-state index in [1.807, 2.05) is 35.3 Å². The van der Waals surface area contributed by atoms with Crippen molar-refractivity contribution in [3.05, 3.63) is 35.9 Å². The summed E-state index contributed by atoms with van der Waals surface area (Å²) < 4.78 is 5.46. The Hall–Kier alpha value is -2.53. The van der Waals surface area contributed by atoms with Crippen LogP contribution in [0.2, 0.25) is 0 Å². The van der Waals surface area contributed by atoms with Crippen molar-refractivity contribution in [2.24, 2.45) is 5.10 Å². The fraction of sp³-hybridized carbons (Fsp3) is 0.571. The quantitative estimate of drug-likeness (QED) is 0.690. The average molecular weight is 428 g/mol. The lowest BCUT2D eigenvalue weighted by molar-refractivity contribution is -0.137. The second-order valence-corrected chi connectivity index (χ2v) is 8.42. The number of carbonyl (C=O) groups excluding carboxylic acids is 2. The Balaban J connectivity index is 1.44. The summed E-state index contributed by atoms with van der Waals surface area (Å²) in [5, 5.41) is 10.5. The van der Waals surface area contributed by atoms with Gasteiger partial charge in [0, 0.05) is 40.3 Å². The molecule has 3 amide bonds. The third-order valence-electron chi connectivity index (χ3n) is 6.60. The molecule has 10 nitrogen and oxygen atoms in total. The van der Waals surface area contributed by atoms with E-state index in [9.17, 15) is 9.59 Å². The van der Waals surface area contributed by atoms with Crippen molar-refractivity contribution in [3.63, 3.8) is 0 Å². The molecule has 1 aromatic rings. The Morgan fingerprint density at radius 1 is 1.10 bits per heavy atom. The number of nitrogens with zero attached hydrogens (tertiary/aromatic N) is 6. The molecule has 4 aliphatic heterocycles. The zero-order valence-corrected chi connectivity index (χ0v) is 18.0. The predicted octanol–water partition coefficient (Wildman–Crippen LogP) is -0.554. The molecule has 10 heteroatoms. The minimum absolute atomic E-state index is 0.175. The highest BCUT2D eigenvalue weighted by Gasteiger charge is 2.55. The lowest BCUT2D eigenvalue weighted by Gasteiger charge is -2.42.